The molecule has 4 rings (SSSR count). The van der Waals surface area contributed by atoms with Gasteiger partial charge in [0.1, 0.15) is 5.70 Å². The van der Waals surface area contributed by atoms with Crippen LogP contribution in [0.25, 0.3) is 0 Å². The van der Waals surface area contributed by atoms with Gasteiger partial charge in [-0.05, 0) is 45.2 Å². The normalized spacial score (nSPS) is 37.8. The Bertz CT molecular complexity index is 632. The van der Waals surface area contributed by atoms with Crippen LogP contribution in [0.4, 0.5) is 0 Å². The Morgan fingerprint density at radius 3 is 2.88 bits per heavy atom. The van der Waals surface area contributed by atoms with E-state index in [1.54, 1.807) is 18.7 Å². The lowest BCUT2D eigenvalue weighted by Gasteiger charge is -2.44. The zero-order chi connectivity index (χ0) is 18.4. The molecule has 26 heavy (non-hydrogen) atoms. The Morgan fingerprint density at radius 2 is 2.23 bits per heavy atom. The molecule has 7 nitrogen and oxygen atoms in total. The topological polar surface area (TPSA) is 102 Å². The molecule has 1 amide bonds. The fourth-order valence-corrected chi connectivity index (χ4v) is 6.38. The number of nitrogens with zero attached hydrogens (tertiary/aromatic N) is 1. The largest absolute Gasteiger partial charge is 0.477 e. The van der Waals surface area contributed by atoms with Crippen molar-refractivity contribution in [2.75, 3.05) is 19.6 Å². The number of amides is 1. The fourth-order valence-electron chi connectivity index (χ4n) is 4.91. The molecule has 4 heterocycles. The molecule has 0 aromatic rings. The van der Waals surface area contributed by atoms with Crippen LogP contribution in [0.2, 0.25) is 0 Å². The van der Waals surface area contributed by atoms with Crippen LogP contribution in [0.5, 0.6) is 0 Å². The Balaban J connectivity index is 1.40. The van der Waals surface area contributed by atoms with Gasteiger partial charge in [-0.15, -0.1) is 11.8 Å². The van der Waals surface area contributed by atoms with Crippen LogP contribution in [0.15, 0.2) is 10.6 Å². The van der Waals surface area contributed by atoms with Crippen LogP contribution in [-0.2, 0) is 9.59 Å². The lowest BCUT2D eigenvalue weighted by molar-refractivity contribution is -0.161. The van der Waals surface area contributed by atoms with Crippen LogP contribution in [0.1, 0.15) is 32.6 Å². The number of carbonyl (C=O) groups is 2. The number of hydrogen-bond acceptors (Lipinski definition) is 6. The highest BCUT2D eigenvalue weighted by Gasteiger charge is 2.57. The summed E-state index contributed by atoms with van der Waals surface area (Å²) in [5, 5.41) is 26.8. The number of carboxylic acids is 1. The van der Waals surface area contributed by atoms with Crippen molar-refractivity contribution in [3.8, 4) is 0 Å². The SMILES string of the molecule is C[C@@H](O)[C@H]1C(=O)N2C(C(=O)O)=C(S[C@@H]3CN[C@H](CC4CCNC4)C3)C[C@H]12. The summed E-state index contributed by atoms with van der Waals surface area (Å²) in [5.41, 5.74) is 0.144. The monoisotopic (exact) mass is 381 g/mol. The van der Waals surface area contributed by atoms with Crippen LogP contribution >= 0.6 is 11.8 Å². The first-order chi connectivity index (χ1) is 12.5. The Kier molecular flexibility index (Phi) is 5.02. The number of thioether (sulfide) groups is 1. The summed E-state index contributed by atoms with van der Waals surface area (Å²) in [5.74, 6) is -1.02. The van der Waals surface area contributed by atoms with E-state index in [-0.39, 0.29) is 17.6 Å². The number of carboxylic acid groups (broad SMARTS) is 1. The minimum absolute atomic E-state index is 0.144. The predicted molar refractivity (Wildman–Crippen MR) is 98.5 cm³/mol. The molecule has 4 N–H and O–H groups in total. The summed E-state index contributed by atoms with van der Waals surface area (Å²) in [7, 11) is 0. The first-order valence-electron chi connectivity index (χ1n) is 9.54. The summed E-state index contributed by atoms with van der Waals surface area (Å²) in [6.07, 6.45) is 3.27. The number of nitrogens with one attached hydrogen (secondary N) is 2. The number of aliphatic carboxylic acids is 1. The third kappa shape index (κ3) is 3.17. The van der Waals surface area contributed by atoms with Gasteiger partial charge in [0, 0.05) is 29.2 Å². The van der Waals surface area contributed by atoms with E-state index in [4.69, 9.17) is 0 Å². The minimum atomic E-state index is -1.04. The standard InChI is InChI=1S/C18H27N3O4S/c1-9(22)15-13-6-14(16(18(24)25)21(13)17(15)23)26-12-5-11(20-8-12)4-10-2-3-19-7-10/h9-13,15,19-20,22H,2-8H2,1H3,(H,24,25)/t9-,10?,11-,12+,13-,15-/m1/s1. The molecule has 0 aromatic heterocycles. The molecular weight excluding hydrogens is 354 g/mol. The second-order valence-electron chi connectivity index (χ2n) is 8.00. The Hall–Kier alpha value is -1.09. The maximum absolute atomic E-state index is 12.3. The molecule has 144 valence electrons. The van der Waals surface area contributed by atoms with Gasteiger partial charge in [0.05, 0.1) is 18.1 Å². The number of fused-ring (bicyclic) bond motifs is 1. The molecule has 8 heteroatoms. The van der Waals surface area contributed by atoms with Gasteiger partial charge in [0.2, 0.25) is 5.91 Å². The van der Waals surface area contributed by atoms with E-state index in [0.717, 1.165) is 36.9 Å². The maximum atomic E-state index is 12.3. The van der Waals surface area contributed by atoms with Gasteiger partial charge in [-0.3, -0.25) is 4.79 Å². The van der Waals surface area contributed by atoms with Gasteiger partial charge in [0.15, 0.2) is 0 Å². The van der Waals surface area contributed by atoms with E-state index >= 15 is 0 Å². The molecule has 4 aliphatic rings. The van der Waals surface area contributed by atoms with Crippen molar-refractivity contribution in [3.63, 3.8) is 0 Å². The predicted octanol–water partition coefficient (Wildman–Crippen LogP) is 0.357. The molecule has 4 aliphatic heterocycles. The summed E-state index contributed by atoms with van der Waals surface area (Å²) >= 11 is 1.62. The molecule has 3 saturated heterocycles. The van der Waals surface area contributed by atoms with E-state index in [9.17, 15) is 19.8 Å². The second kappa shape index (κ2) is 7.14. The van der Waals surface area contributed by atoms with E-state index in [1.165, 1.54) is 17.7 Å². The van der Waals surface area contributed by atoms with Crippen molar-refractivity contribution in [2.45, 2.75) is 56.0 Å². The van der Waals surface area contributed by atoms with Crippen molar-refractivity contribution in [3.05, 3.63) is 10.6 Å². The van der Waals surface area contributed by atoms with Crippen molar-refractivity contribution in [2.24, 2.45) is 11.8 Å². The first kappa shape index (κ1) is 18.3. The third-order valence-electron chi connectivity index (χ3n) is 6.16. The minimum Gasteiger partial charge on any atom is -0.477 e. The van der Waals surface area contributed by atoms with Crippen LogP contribution in [-0.4, -0.2) is 70.1 Å². The van der Waals surface area contributed by atoms with E-state index in [2.05, 4.69) is 10.6 Å². The smallest absolute Gasteiger partial charge is 0.353 e. The molecule has 0 spiro atoms. The van der Waals surface area contributed by atoms with Crippen molar-refractivity contribution >= 4 is 23.6 Å². The van der Waals surface area contributed by atoms with E-state index in [0.29, 0.717) is 17.7 Å². The lowest BCUT2D eigenvalue weighted by atomic mass is 9.83. The number of β-lactam (4-membered cyclic amide) rings is 1. The maximum Gasteiger partial charge on any atom is 0.353 e. The Labute approximate surface area is 157 Å². The lowest BCUT2D eigenvalue weighted by Crippen LogP contribution is -2.61. The average molecular weight is 381 g/mol. The zero-order valence-electron chi connectivity index (χ0n) is 15.0. The zero-order valence-corrected chi connectivity index (χ0v) is 15.8. The number of carbonyl (C=O) groups excluding carboxylic acids is 1. The third-order valence-corrected chi connectivity index (χ3v) is 7.50. The highest BCUT2D eigenvalue weighted by atomic mass is 32.2. The molecular formula is C18H27N3O4S. The van der Waals surface area contributed by atoms with Crippen molar-refractivity contribution in [1.82, 2.24) is 15.5 Å². The second-order valence-corrected chi connectivity index (χ2v) is 9.39. The van der Waals surface area contributed by atoms with Crippen molar-refractivity contribution in [1.29, 1.82) is 0 Å². The highest BCUT2D eigenvalue weighted by Crippen LogP contribution is 2.48. The molecule has 0 bridgehead atoms. The molecule has 0 radical (unpaired) electrons. The fraction of sp³-hybridized carbons (Fsp3) is 0.778. The molecule has 0 aliphatic carbocycles. The quantitative estimate of drug-likeness (QED) is 0.493. The number of rotatable bonds is 6. The Morgan fingerprint density at radius 1 is 1.42 bits per heavy atom. The molecule has 3 fully saturated rings. The van der Waals surface area contributed by atoms with Gasteiger partial charge in [-0.1, -0.05) is 0 Å². The summed E-state index contributed by atoms with van der Waals surface area (Å²) in [6, 6.07) is 0.308. The van der Waals surface area contributed by atoms with Crippen LogP contribution < -0.4 is 10.6 Å². The van der Waals surface area contributed by atoms with Gasteiger partial charge in [-0.25, -0.2) is 4.79 Å². The van der Waals surface area contributed by atoms with Crippen LogP contribution in [0, 0.1) is 11.8 Å². The molecule has 1 unspecified atom stereocenters. The number of hydrogen-bond donors (Lipinski definition) is 4. The average Bonchev–Trinajstić information content (AvgIpc) is 3.28. The summed E-state index contributed by atoms with van der Waals surface area (Å²) in [6.45, 7) is 4.70. The van der Waals surface area contributed by atoms with Gasteiger partial charge in [-0.2, -0.15) is 0 Å². The summed E-state index contributed by atoms with van der Waals surface area (Å²) in [4.78, 5) is 26.2. The van der Waals surface area contributed by atoms with Gasteiger partial charge >= 0.3 is 5.97 Å². The number of aliphatic hydroxyl groups excluding tert-OH is 1. The molecule has 6 atom stereocenters. The van der Waals surface area contributed by atoms with E-state index in [1.807, 2.05) is 0 Å². The van der Waals surface area contributed by atoms with Gasteiger partial charge < -0.3 is 25.7 Å². The first-order valence-corrected chi connectivity index (χ1v) is 10.4. The van der Waals surface area contributed by atoms with Gasteiger partial charge in [0.25, 0.3) is 0 Å². The van der Waals surface area contributed by atoms with Crippen molar-refractivity contribution < 1.29 is 19.8 Å². The highest BCUT2D eigenvalue weighted by molar-refractivity contribution is 8.03. The number of aliphatic hydroxyl groups is 1. The van der Waals surface area contributed by atoms with E-state index < -0.39 is 18.0 Å². The summed E-state index contributed by atoms with van der Waals surface area (Å²) < 4.78 is 0. The molecule has 0 aromatic carbocycles. The van der Waals surface area contributed by atoms with Crippen LogP contribution in [0.3, 0.4) is 0 Å². The molecule has 0 saturated carbocycles.